The Morgan fingerprint density at radius 2 is 1.69 bits per heavy atom. The average Bonchev–Trinajstić information content (AvgIpc) is 3.75. The van der Waals surface area contributed by atoms with Crippen LogP contribution >= 0.6 is 11.3 Å². The number of rotatable bonds is 13. The molecule has 5 rings (SSSR count). The van der Waals surface area contributed by atoms with Gasteiger partial charge in [-0.05, 0) is 61.1 Å². The zero-order valence-electron chi connectivity index (χ0n) is 29.5. The van der Waals surface area contributed by atoms with Crippen LogP contribution in [0.1, 0.15) is 66.8 Å². The van der Waals surface area contributed by atoms with Gasteiger partial charge in [0, 0.05) is 53.6 Å². The number of carboxylic acid groups (broad SMARTS) is 1. The van der Waals surface area contributed by atoms with Crippen molar-refractivity contribution in [2.75, 3.05) is 13.1 Å². The van der Waals surface area contributed by atoms with Crippen LogP contribution in [0.15, 0.2) is 77.1 Å². The van der Waals surface area contributed by atoms with E-state index in [1.54, 1.807) is 36.4 Å². The first-order valence-electron chi connectivity index (χ1n) is 17.7. The number of benzene rings is 2. The second-order valence-electron chi connectivity index (χ2n) is 13.6. The number of hydrogen-bond donors (Lipinski definition) is 5. The van der Waals surface area contributed by atoms with Gasteiger partial charge in [0.25, 0.3) is 5.91 Å². The summed E-state index contributed by atoms with van der Waals surface area (Å²) in [6.07, 6.45) is 6.17. The van der Waals surface area contributed by atoms with Gasteiger partial charge in [-0.3, -0.25) is 19.2 Å². The van der Waals surface area contributed by atoms with Crippen molar-refractivity contribution in [3.05, 3.63) is 88.9 Å². The van der Waals surface area contributed by atoms with Crippen molar-refractivity contribution in [2.45, 2.75) is 75.7 Å². The molecule has 0 aliphatic carbocycles. The normalized spacial score (nSPS) is 16.9. The number of aryl methyl sites for hydroxylation is 1. The van der Waals surface area contributed by atoms with Crippen molar-refractivity contribution in [2.24, 2.45) is 17.8 Å². The molecule has 5 N–H and O–H groups in total. The number of para-hydroxylation sites is 1. The summed E-state index contributed by atoms with van der Waals surface area (Å²) in [5.74, 6) is -5.26. The van der Waals surface area contributed by atoms with Gasteiger partial charge in [-0.1, -0.05) is 63.1 Å². The number of thiophene rings is 1. The number of sulfonamides is 1. The van der Waals surface area contributed by atoms with Crippen molar-refractivity contribution in [1.29, 1.82) is 0 Å². The second kappa shape index (κ2) is 17.8. The zero-order valence-corrected chi connectivity index (χ0v) is 31.1. The van der Waals surface area contributed by atoms with Crippen LogP contribution in [0.5, 0.6) is 0 Å². The van der Waals surface area contributed by atoms with Gasteiger partial charge in [0.05, 0.1) is 18.4 Å². The number of carbonyl (C=O) groups is 4. The summed E-state index contributed by atoms with van der Waals surface area (Å²) in [5, 5.41) is 19.9. The molecular weight excluding hydrogens is 703 g/mol. The van der Waals surface area contributed by atoms with Gasteiger partial charge in [0.1, 0.15) is 10.3 Å². The number of amides is 3. The Balaban J connectivity index is 1.31. The molecule has 0 saturated heterocycles. The summed E-state index contributed by atoms with van der Waals surface area (Å²) in [5.41, 5.74) is 2.42. The lowest BCUT2D eigenvalue weighted by Crippen LogP contribution is -2.52. The molecule has 0 fully saturated rings. The molecule has 1 aliphatic heterocycles. The molecule has 4 aromatic rings. The lowest BCUT2D eigenvalue weighted by Gasteiger charge is -2.27. The number of aromatic nitrogens is 1. The molecular formula is C38H47N5O7S2. The van der Waals surface area contributed by atoms with E-state index in [-0.39, 0.29) is 41.3 Å². The fourth-order valence-electron chi connectivity index (χ4n) is 6.56. The van der Waals surface area contributed by atoms with E-state index in [0.717, 1.165) is 60.0 Å². The molecule has 0 saturated carbocycles. The standard InChI is InChI=1S/C38H47N5O7S2/c1-25(2)20-30(31(38(47)48)23-41-52(49,50)34-17-16-28(51-34)22-40-35(44)26-12-6-5-7-13-26)36(45)42-32-21-27-24-43(33-15-9-8-14-29(27)33)19-11-4-3-10-18-39-37(32)46/h5-9,12-17,24-25,30-32,41H,3-4,10-11,18-23H2,1-2H3,(H,39,46)(H,40,44)(H,42,45)(H,47,48)/t30-,31?,32+/m1/s1. The highest BCUT2D eigenvalue weighted by atomic mass is 32.2. The van der Waals surface area contributed by atoms with Crippen molar-refractivity contribution in [1.82, 2.24) is 25.2 Å². The summed E-state index contributed by atoms with van der Waals surface area (Å²) in [4.78, 5) is 53.3. The van der Waals surface area contributed by atoms with E-state index in [1.807, 2.05) is 44.3 Å². The maximum Gasteiger partial charge on any atom is 0.308 e. The minimum atomic E-state index is -4.16. The quantitative estimate of drug-likeness (QED) is 0.132. The highest BCUT2D eigenvalue weighted by molar-refractivity contribution is 7.91. The SMILES string of the molecule is CC(C)C[C@@H](C(=O)N[C@H]1Cc2cn(c3ccccc23)CCCCCCNC1=O)C(CNS(=O)(=O)c1ccc(CNC(=O)c2ccccc2)s1)C(=O)O. The lowest BCUT2D eigenvalue weighted by atomic mass is 9.84. The van der Waals surface area contributed by atoms with Crippen LogP contribution in [0.25, 0.3) is 10.9 Å². The molecule has 2 aromatic heterocycles. The Morgan fingerprint density at radius 3 is 2.44 bits per heavy atom. The molecule has 278 valence electrons. The Hall–Kier alpha value is -4.53. The third-order valence-electron chi connectivity index (χ3n) is 9.27. The molecule has 12 nitrogen and oxygen atoms in total. The van der Waals surface area contributed by atoms with Crippen LogP contribution in [0.3, 0.4) is 0 Å². The number of aliphatic carboxylic acids is 1. The largest absolute Gasteiger partial charge is 0.481 e. The molecule has 3 heterocycles. The van der Waals surface area contributed by atoms with Crippen molar-refractivity contribution >= 4 is 56.0 Å². The Bertz CT molecular complexity index is 1970. The minimum absolute atomic E-state index is 0.0506. The number of carbonyl (C=O) groups excluding carboxylic acids is 3. The maximum absolute atomic E-state index is 14.1. The van der Waals surface area contributed by atoms with Crippen LogP contribution in [-0.4, -0.2) is 60.9 Å². The van der Waals surface area contributed by atoms with Gasteiger partial charge in [-0.15, -0.1) is 11.3 Å². The van der Waals surface area contributed by atoms with Gasteiger partial charge in [0.15, 0.2) is 0 Å². The van der Waals surface area contributed by atoms with Crippen molar-refractivity contribution in [3.63, 3.8) is 0 Å². The number of carboxylic acids is 1. The fourth-order valence-corrected chi connectivity index (χ4v) is 8.96. The summed E-state index contributed by atoms with van der Waals surface area (Å²) in [6, 6.07) is 18.6. The second-order valence-corrected chi connectivity index (χ2v) is 16.8. The molecule has 0 spiro atoms. The monoisotopic (exact) mass is 749 g/mol. The average molecular weight is 750 g/mol. The number of nitrogens with one attached hydrogen (secondary N) is 4. The molecule has 14 heteroatoms. The van der Waals surface area contributed by atoms with E-state index in [2.05, 4.69) is 25.2 Å². The molecule has 2 bridgehead atoms. The van der Waals surface area contributed by atoms with Crippen LogP contribution in [0, 0.1) is 17.8 Å². The zero-order chi connectivity index (χ0) is 37.3. The predicted octanol–water partition coefficient (Wildman–Crippen LogP) is 4.69. The Labute approximate surface area is 308 Å². The van der Waals surface area contributed by atoms with E-state index in [0.29, 0.717) is 17.0 Å². The fraction of sp³-hybridized carbons (Fsp3) is 0.421. The van der Waals surface area contributed by atoms with Crippen LogP contribution in [-0.2, 0) is 43.9 Å². The molecule has 2 aromatic carbocycles. The molecule has 1 aliphatic rings. The maximum atomic E-state index is 14.1. The van der Waals surface area contributed by atoms with Gasteiger partial charge >= 0.3 is 5.97 Å². The van der Waals surface area contributed by atoms with E-state index >= 15 is 0 Å². The van der Waals surface area contributed by atoms with E-state index < -0.39 is 46.3 Å². The summed E-state index contributed by atoms with van der Waals surface area (Å²) in [7, 11) is -4.16. The summed E-state index contributed by atoms with van der Waals surface area (Å²) < 4.78 is 31.2. The minimum Gasteiger partial charge on any atom is -0.481 e. The molecule has 3 atom stereocenters. The smallest absolute Gasteiger partial charge is 0.308 e. The molecule has 52 heavy (non-hydrogen) atoms. The summed E-state index contributed by atoms with van der Waals surface area (Å²) in [6.45, 7) is 4.58. The highest BCUT2D eigenvalue weighted by Crippen LogP contribution is 2.27. The first-order valence-corrected chi connectivity index (χ1v) is 20.0. The highest BCUT2D eigenvalue weighted by Gasteiger charge is 2.37. The van der Waals surface area contributed by atoms with Crippen LogP contribution < -0.4 is 20.7 Å². The van der Waals surface area contributed by atoms with E-state index in [4.69, 9.17) is 0 Å². The van der Waals surface area contributed by atoms with Crippen molar-refractivity contribution < 1.29 is 32.7 Å². The third-order valence-corrected chi connectivity index (χ3v) is 12.3. The Morgan fingerprint density at radius 1 is 0.962 bits per heavy atom. The first-order chi connectivity index (χ1) is 24.9. The van der Waals surface area contributed by atoms with Gasteiger partial charge in [0.2, 0.25) is 21.8 Å². The molecule has 1 unspecified atom stereocenters. The van der Waals surface area contributed by atoms with E-state index in [9.17, 15) is 32.7 Å². The third kappa shape index (κ3) is 10.1. The number of hydrogen-bond acceptors (Lipinski definition) is 7. The number of fused-ring (bicyclic) bond motifs is 5. The van der Waals surface area contributed by atoms with E-state index in [1.165, 1.54) is 6.07 Å². The van der Waals surface area contributed by atoms with Crippen LogP contribution in [0.4, 0.5) is 0 Å². The van der Waals surface area contributed by atoms with Gasteiger partial charge in [-0.2, -0.15) is 0 Å². The Kier molecular flexibility index (Phi) is 13.2. The predicted molar refractivity (Wildman–Crippen MR) is 200 cm³/mol. The topological polar surface area (TPSA) is 176 Å². The summed E-state index contributed by atoms with van der Waals surface area (Å²) >= 11 is 0.953. The lowest BCUT2D eigenvalue weighted by molar-refractivity contribution is -0.147. The molecule has 3 amide bonds. The first kappa shape index (κ1) is 38.7. The molecule has 0 radical (unpaired) electrons. The van der Waals surface area contributed by atoms with Crippen molar-refractivity contribution in [3.8, 4) is 0 Å². The van der Waals surface area contributed by atoms with Gasteiger partial charge in [-0.25, -0.2) is 13.1 Å². The number of nitrogens with zero attached hydrogens (tertiary/aromatic N) is 1. The van der Waals surface area contributed by atoms with Crippen LogP contribution in [0.2, 0.25) is 0 Å². The van der Waals surface area contributed by atoms with Gasteiger partial charge < -0.3 is 25.6 Å².